The van der Waals surface area contributed by atoms with E-state index in [2.05, 4.69) is 13.8 Å². The molecule has 0 aromatic carbocycles. The average Bonchev–Trinajstić information content (AvgIpc) is 2.80. The highest BCUT2D eigenvalue weighted by molar-refractivity contribution is 5.78. The van der Waals surface area contributed by atoms with Crippen LogP contribution in [0, 0.1) is 10.8 Å². The van der Waals surface area contributed by atoms with Crippen molar-refractivity contribution in [1.82, 2.24) is 0 Å². The lowest BCUT2D eigenvalue weighted by Gasteiger charge is -2.29. The Bertz CT molecular complexity index is 1080. The summed E-state index contributed by atoms with van der Waals surface area (Å²) in [6.45, 7) is 8.03. The Morgan fingerprint density at radius 3 is 1.92 bits per heavy atom. The molecule has 36 heavy (non-hydrogen) atoms. The summed E-state index contributed by atoms with van der Waals surface area (Å²) in [7, 11) is 0. The zero-order chi connectivity index (χ0) is 26.9. The number of unbranched alkanes of at least 4 members (excludes halogenated alkanes) is 2. The lowest BCUT2D eigenvalue weighted by Crippen LogP contribution is -2.25. The van der Waals surface area contributed by atoms with Crippen molar-refractivity contribution in [2.75, 3.05) is 0 Å². The van der Waals surface area contributed by atoms with Gasteiger partial charge < -0.3 is 23.8 Å². The molecule has 0 fully saturated rings. The quantitative estimate of drug-likeness (QED) is 0.242. The Balaban J connectivity index is 2.03. The monoisotopic (exact) mass is 502 g/mol. The third-order valence-electron chi connectivity index (χ3n) is 6.77. The molecule has 0 saturated heterocycles. The summed E-state index contributed by atoms with van der Waals surface area (Å²) in [5.74, 6) is -1.81. The van der Waals surface area contributed by atoms with Crippen molar-refractivity contribution in [2.45, 2.75) is 91.4 Å². The minimum Gasteiger partial charge on any atom is -0.502 e. The number of hydrogen-bond acceptors (Lipinski definition) is 8. The normalized spacial score (nSPS) is 12.1. The Morgan fingerprint density at radius 1 is 0.833 bits per heavy atom. The molecule has 0 aliphatic heterocycles. The van der Waals surface area contributed by atoms with Gasteiger partial charge in [-0.2, -0.15) is 0 Å². The highest BCUT2D eigenvalue weighted by atomic mass is 16.3. The minimum atomic E-state index is -0.809. The number of aromatic hydroxyl groups is 2. The van der Waals surface area contributed by atoms with Gasteiger partial charge in [-0.25, -0.2) is 0 Å². The van der Waals surface area contributed by atoms with Crippen LogP contribution in [0.2, 0.25) is 0 Å². The van der Waals surface area contributed by atoms with Gasteiger partial charge in [-0.15, -0.1) is 0 Å². The number of Topliss-reactive ketones (excluding diaryl/α,β-unsaturated/α-hetero) is 1. The van der Waals surface area contributed by atoms with Gasteiger partial charge in [-0.3, -0.25) is 14.4 Å². The van der Waals surface area contributed by atoms with Crippen LogP contribution in [0.3, 0.4) is 0 Å². The van der Waals surface area contributed by atoms with Crippen molar-refractivity contribution >= 4 is 12.1 Å². The lowest BCUT2D eigenvalue weighted by molar-refractivity contribution is -0.119. The number of ketones is 1. The van der Waals surface area contributed by atoms with Gasteiger partial charge in [-0.05, 0) is 36.5 Å². The molecule has 0 amide bonds. The van der Waals surface area contributed by atoms with Crippen molar-refractivity contribution in [3.05, 3.63) is 56.6 Å². The van der Waals surface area contributed by atoms with Gasteiger partial charge in [-0.1, -0.05) is 40.5 Å². The van der Waals surface area contributed by atoms with Crippen LogP contribution in [0.15, 0.2) is 43.5 Å². The Morgan fingerprint density at radius 2 is 1.39 bits per heavy atom. The highest BCUT2D eigenvalue weighted by Crippen LogP contribution is 2.38. The largest absolute Gasteiger partial charge is 0.502 e. The summed E-state index contributed by atoms with van der Waals surface area (Å²) in [6.07, 6.45) is 11.0. The zero-order valence-electron chi connectivity index (χ0n) is 21.7. The number of carbonyl (C=O) groups is 2. The molecule has 2 aromatic heterocycles. The average molecular weight is 503 g/mol. The second-order valence-electron chi connectivity index (χ2n) is 11.1. The maximum atomic E-state index is 12.6. The molecule has 8 nitrogen and oxygen atoms in total. The SMILES string of the molecule is CC(C)(CC=O)CCCCCC(=O)CCC(C)(C)CC(c1cocc(O)c1=O)c1cocc(O)c1=O. The van der Waals surface area contributed by atoms with E-state index in [0.717, 1.165) is 44.5 Å². The molecule has 198 valence electrons. The summed E-state index contributed by atoms with van der Waals surface area (Å²) >= 11 is 0. The third kappa shape index (κ3) is 8.50. The molecule has 2 N–H and O–H groups in total. The first-order valence-electron chi connectivity index (χ1n) is 12.4. The molecule has 2 rings (SSSR count). The lowest BCUT2D eigenvalue weighted by atomic mass is 9.74. The third-order valence-corrected chi connectivity index (χ3v) is 6.77. The van der Waals surface area contributed by atoms with E-state index in [9.17, 15) is 29.4 Å². The smallest absolute Gasteiger partial charge is 0.230 e. The van der Waals surface area contributed by atoms with E-state index in [0.29, 0.717) is 25.7 Å². The minimum absolute atomic E-state index is 0.00806. The topological polar surface area (TPSA) is 135 Å². The van der Waals surface area contributed by atoms with E-state index < -0.39 is 33.7 Å². The van der Waals surface area contributed by atoms with Gasteiger partial charge in [0.2, 0.25) is 10.9 Å². The van der Waals surface area contributed by atoms with E-state index in [4.69, 9.17) is 8.83 Å². The summed E-state index contributed by atoms with van der Waals surface area (Å²) in [5, 5.41) is 19.7. The van der Waals surface area contributed by atoms with E-state index in [-0.39, 0.29) is 28.7 Å². The second kappa shape index (κ2) is 12.7. The molecule has 8 heteroatoms. The van der Waals surface area contributed by atoms with Crippen LogP contribution in [0.5, 0.6) is 11.5 Å². The summed E-state index contributed by atoms with van der Waals surface area (Å²) < 4.78 is 10.2. The van der Waals surface area contributed by atoms with Gasteiger partial charge in [0.25, 0.3) is 0 Å². The highest BCUT2D eigenvalue weighted by Gasteiger charge is 2.31. The second-order valence-corrected chi connectivity index (χ2v) is 11.1. The standard InChI is InChI=1S/C28H38O8/c1-27(2,12-13-29)10-7-5-6-8-19(30)9-11-28(3,4)14-20(21-15-35-17-23(31)25(21)33)22-16-36-18-24(32)26(22)34/h13,15-18,20,31-32H,5-12,14H2,1-4H3. The van der Waals surface area contributed by atoms with Crippen molar-refractivity contribution in [2.24, 2.45) is 10.8 Å². The first kappa shape index (κ1) is 29.1. The predicted molar refractivity (Wildman–Crippen MR) is 135 cm³/mol. The molecule has 0 aliphatic carbocycles. The molecule has 0 atom stereocenters. The van der Waals surface area contributed by atoms with Gasteiger partial charge in [0.1, 0.15) is 24.6 Å². The van der Waals surface area contributed by atoms with Crippen LogP contribution in [-0.2, 0) is 9.59 Å². The Hall–Kier alpha value is -3.16. The number of carbonyl (C=O) groups excluding carboxylic acids is 2. The summed E-state index contributed by atoms with van der Waals surface area (Å²) in [4.78, 5) is 48.5. The van der Waals surface area contributed by atoms with E-state index in [1.54, 1.807) is 0 Å². The number of rotatable bonds is 15. The molecule has 0 unspecified atom stereocenters. The van der Waals surface area contributed by atoms with Crippen LogP contribution in [0.1, 0.15) is 103 Å². The van der Waals surface area contributed by atoms with Crippen molar-refractivity contribution < 1.29 is 28.6 Å². The first-order valence-corrected chi connectivity index (χ1v) is 12.4. The van der Waals surface area contributed by atoms with Crippen LogP contribution in [-0.4, -0.2) is 22.3 Å². The van der Waals surface area contributed by atoms with Crippen molar-refractivity contribution in [1.29, 1.82) is 0 Å². The first-order chi connectivity index (χ1) is 16.9. The summed E-state index contributed by atoms with van der Waals surface area (Å²) in [5.41, 5.74) is -1.66. The van der Waals surface area contributed by atoms with Crippen molar-refractivity contribution in [3.63, 3.8) is 0 Å². The van der Waals surface area contributed by atoms with Gasteiger partial charge >= 0.3 is 0 Å². The molecule has 2 aromatic rings. The number of aldehydes is 1. The van der Waals surface area contributed by atoms with Crippen LogP contribution in [0.4, 0.5) is 0 Å². The van der Waals surface area contributed by atoms with E-state index in [1.165, 1.54) is 12.5 Å². The zero-order valence-corrected chi connectivity index (χ0v) is 21.7. The maximum Gasteiger partial charge on any atom is 0.230 e. The molecular weight excluding hydrogens is 464 g/mol. The Labute approximate surface area is 211 Å². The van der Waals surface area contributed by atoms with Crippen LogP contribution < -0.4 is 10.9 Å². The predicted octanol–water partition coefficient (Wildman–Crippen LogP) is 5.47. The molecule has 0 saturated carbocycles. The Kier molecular flexibility index (Phi) is 10.3. The fraction of sp³-hybridized carbons (Fsp3) is 0.571. The molecule has 0 spiro atoms. The van der Waals surface area contributed by atoms with Crippen LogP contribution >= 0.6 is 0 Å². The fourth-order valence-electron chi connectivity index (χ4n) is 4.41. The van der Waals surface area contributed by atoms with E-state index >= 15 is 0 Å². The molecular formula is C28H38O8. The fourth-order valence-corrected chi connectivity index (χ4v) is 4.41. The van der Waals surface area contributed by atoms with Crippen molar-refractivity contribution in [3.8, 4) is 11.5 Å². The molecule has 0 radical (unpaired) electrons. The summed E-state index contributed by atoms with van der Waals surface area (Å²) in [6, 6.07) is 0. The van der Waals surface area contributed by atoms with Gasteiger partial charge in [0.05, 0.1) is 12.5 Å². The molecule has 0 aliphatic rings. The maximum absolute atomic E-state index is 12.6. The molecule has 0 bridgehead atoms. The van der Waals surface area contributed by atoms with Gasteiger partial charge in [0.15, 0.2) is 11.5 Å². The number of hydrogen-bond donors (Lipinski definition) is 2. The van der Waals surface area contributed by atoms with Crippen LogP contribution in [0.25, 0.3) is 0 Å². The van der Waals surface area contributed by atoms with Gasteiger partial charge in [0, 0.05) is 36.3 Å². The van der Waals surface area contributed by atoms with E-state index in [1.807, 2.05) is 13.8 Å². The molecule has 2 heterocycles.